The van der Waals surface area contributed by atoms with Crippen molar-refractivity contribution in [1.29, 1.82) is 0 Å². The molecule has 0 bridgehead atoms. The van der Waals surface area contributed by atoms with Gasteiger partial charge in [-0.3, -0.25) is 0 Å². The van der Waals surface area contributed by atoms with E-state index in [1.54, 1.807) is 0 Å². The van der Waals surface area contributed by atoms with Crippen LogP contribution >= 0.6 is 11.8 Å². The van der Waals surface area contributed by atoms with Crippen LogP contribution < -0.4 is 10.6 Å². The smallest absolute Gasteiger partial charge is 0.328 e. The van der Waals surface area contributed by atoms with Crippen LogP contribution in [0.3, 0.4) is 0 Å². The highest BCUT2D eigenvalue weighted by molar-refractivity contribution is 7.99. The van der Waals surface area contributed by atoms with Crippen molar-refractivity contribution >= 4 is 23.8 Å². The van der Waals surface area contributed by atoms with Gasteiger partial charge in [0, 0.05) is 6.54 Å². The van der Waals surface area contributed by atoms with Crippen LogP contribution in [0.15, 0.2) is 0 Å². The number of hydrogen-bond acceptors (Lipinski definition) is 4. The van der Waals surface area contributed by atoms with Gasteiger partial charge in [0.25, 0.3) is 0 Å². The molecule has 0 saturated carbocycles. The molecule has 4 N–H and O–H groups in total. The van der Waals surface area contributed by atoms with Crippen LogP contribution in [0.4, 0.5) is 4.79 Å². The van der Waals surface area contributed by atoms with E-state index in [2.05, 4.69) is 10.6 Å². The van der Waals surface area contributed by atoms with Gasteiger partial charge in [-0.25, -0.2) is 9.59 Å². The number of nitrogens with one attached hydrogen (secondary N) is 2. The van der Waals surface area contributed by atoms with E-state index >= 15 is 0 Å². The van der Waals surface area contributed by atoms with Crippen molar-refractivity contribution in [3.05, 3.63) is 0 Å². The number of rotatable bonds is 5. The number of carboxylic acids is 1. The van der Waals surface area contributed by atoms with Crippen LogP contribution in [0.5, 0.6) is 0 Å². The summed E-state index contributed by atoms with van der Waals surface area (Å²) < 4.78 is 0. The number of urea groups is 1. The van der Waals surface area contributed by atoms with E-state index < -0.39 is 24.1 Å². The summed E-state index contributed by atoms with van der Waals surface area (Å²) in [6.07, 6.45) is -0.0516. The summed E-state index contributed by atoms with van der Waals surface area (Å²) in [6, 6.07) is -1.82. The van der Waals surface area contributed by atoms with Crippen LogP contribution in [0.25, 0.3) is 0 Å². The number of carbonyl (C=O) groups is 2. The molecule has 0 aromatic rings. The van der Waals surface area contributed by atoms with E-state index in [0.717, 1.165) is 17.9 Å². The molecule has 6 nitrogen and oxygen atoms in total. The fraction of sp³-hybridized carbons (Fsp3) is 0.800. The van der Waals surface area contributed by atoms with Crippen LogP contribution in [-0.4, -0.2) is 52.4 Å². The third-order valence-electron chi connectivity index (χ3n) is 2.61. The molecular weight excluding hydrogens is 244 g/mol. The second-order valence-corrected chi connectivity index (χ2v) is 5.29. The standard InChI is InChI=1S/C10H18N2O4S/c1-6(13)8(9(14)15)12-10(16)11-4-7-2-3-17-5-7/h6-8,13H,2-5H2,1H3,(H,14,15)(H2,11,12,16). The lowest BCUT2D eigenvalue weighted by Gasteiger charge is -2.18. The van der Waals surface area contributed by atoms with Crippen molar-refractivity contribution in [2.24, 2.45) is 5.92 Å². The van der Waals surface area contributed by atoms with Crippen molar-refractivity contribution in [2.75, 3.05) is 18.1 Å². The van der Waals surface area contributed by atoms with E-state index in [-0.39, 0.29) is 0 Å². The Morgan fingerprint density at radius 1 is 1.53 bits per heavy atom. The molecule has 0 aliphatic carbocycles. The van der Waals surface area contributed by atoms with Gasteiger partial charge in [0.1, 0.15) is 0 Å². The number of aliphatic hydroxyl groups excluding tert-OH is 1. The van der Waals surface area contributed by atoms with Gasteiger partial charge in [-0.2, -0.15) is 11.8 Å². The number of aliphatic carboxylic acids is 1. The van der Waals surface area contributed by atoms with Crippen molar-refractivity contribution in [3.63, 3.8) is 0 Å². The second-order valence-electron chi connectivity index (χ2n) is 4.14. The maximum Gasteiger partial charge on any atom is 0.328 e. The Hall–Kier alpha value is -0.950. The summed E-state index contributed by atoms with van der Waals surface area (Å²) in [6.45, 7) is 1.87. The monoisotopic (exact) mass is 262 g/mol. The molecule has 1 aliphatic rings. The summed E-state index contributed by atoms with van der Waals surface area (Å²) in [5.41, 5.74) is 0. The highest BCUT2D eigenvalue weighted by atomic mass is 32.2. The van der Waals surface area contributed by atoms with Gasteiger partial charge in [-0.1, -0.05) is 0 Å². The second kappa shape index (κ2) is 6.70. The average Bonchev–Trinajstić information content (AvgIpc) is 2.74. The Bertz CT molecular complexity index is 279. The predicted octanol–water partition coefficient (Wildman–Crippen LogP) is -0.127. The van der Waals surface area contributed by atoms with Gasteiger partial charge in [0.15, 0.2) is 6.04 Å². The number of amides is 2. The number of thioether (sulfide) groups is 1. The van der Waals surface area contributed by atoms with Gasteiger partial charge in [-0.05, 0) is 30.8 Å². The summed E-state index contributed by atoms with van der Waals surface area (Å²) >= 11 is 1.85. The van der Waals surface area contributed by atoms with Crippen LogP contribution in [0.2, 0.25) is 0 Å². The first kappa shape index (κ1) is 14.1. The highest BCUT2D eigenvalue weighted by Gasteiger charge is 2.25. The number of carbonyl (C=O) groups excluding carboxylic acids is 1. The maximum absolute atomic E-state index is 11.4. The molecule has 1 heterocycles. The molecule has 3 atom stereocenters. The van der Waals surface area contributed by atoms with Crippen LogP contribution in [0, 0.1) is 5.92 Å². The lowest BCUT2D eigenvalue weighted by Crippen LogP contribution is -2.51. The van der Waals surface area contributed by atoms with Crippen LogP contribution in [-0.2, 0) is 4.79 Å². The average molecular weight is 262 g/mol. The molecule has 1 aliphatic heterocycles. The summed E-state index contributed by atoms with van der Waals surface area (Å²) in [5, 5.41) is 22.8. The first-order valence-electron chi connectivity index (χ1n) is 5.53. The molecule has 2 amide bonds. The first-order valence-corrected chi connectivity index (χ1v) is 6.69. The zero-order valence-corrected chi connectivity index (χ0v) is 10.5. The van der Waals surface area contributed by atoms with E-state index in [9.17, 15) is 14.7 Å². The minimum absolute atomic E-state index is 0.459. The molecule has 1 rings (SSSR count). The molecular formula is C10H18N2O4S. The first-order chi connectivity index (χ1) is 8.00. The molecule has 0 aromatic heterocycles. The molecule has 7 heteroatoms. The molecule has 3 unspecified atom stereocenters. The number of aliphatic hydroxyl groups is 1. The van der Waals surface area contributed by atoms with Crippen molar-refractivity contribution in [2.45, 2.75) is 25.5 Å². The SMILES string of the molecule is CC(O)C(NC(=O)NCC1CCSC1)C(=O)O. The molecule has 0 spiro atoms. The molecule has 1 fully saturated rings. The van der Waals surface area contributed by atoms with E-state index in [1.165, 1.54) is 6.92 Å². The molecule has 98 valence electrons. The summed E-state index contributed by atoms with van der Waals surface area (Å²) in [5.74, 6) is 1.35. The zero-order chi connectivity index (χ0) is 12.8. The third kappa shape index (κ3) is 4.82. The molecule has 0 radical (unpaired) electrons. The minimum Gasteiger partial charge on any atom is -0.480 e. The number of hydrogen-bond donors (Lipinski definition) is 4. The lowest BCUT2D eigenvalue weighted by atomic mass is 10.1. The molecule has 17 heavy (non-hydrogen) atoms. The van der Waals surface area contributed by atoms with Gasteiger partial charge in [0.05, 0.1) is 6.10 Å². The van der Waals surface area contributed by atoms with Gasteiger partial charge in [-0.15, -0.1) is 0 Å². The fourth-order valence-electron chi connectivity index (χ4n) is 1.56. The largest absolute Gasteiger partial charge is 0.480 e. The predicted molar refractivity (Wildman–Crippen MR) is 65.1 cm³/mol. The Kier molecular flexibility index (Phi) is 5.57. The zero-order valence-electron chi connectivity index (χ0n) is 9.68. The van der Waals surface area contributed by atoms with Crippen molar-refractivity contribution in [3.8, 4) is 0 Å². The Morgan fingerprint density at radius 2 is 2.24 bits per heavy atom. The van der Waals surface area contributed by atoms with Crippen LogP contribution in [0.1, 0.15) is 13.3 Å². The molecule has 0 aromatic carbocycles. The Balaban J connectivity index is 2.29. The quantitative estimate of drug-likeness (QED) is 0.553. The maximum atomic E-state index is 11.4. The van der Waals surface area contributed by atoms with Crippen molar-refractivity contribution < 1.29 is 19.8 Å². The summed E-state index contributed by atoms with van der Waals surface area (Å²) in [4.78, 5) is 22.1. The van der Waals surface area contributed by atoms with Gasteiger partial charge in [0.2, 0.25) is 0 Å². The topological polar surface area (TPSA) is 98.7 Å². The van der Waals surface area contributed by atoms with E-state index in [4.69, 9.17) is 5.11 Å². The normalized spacial score (nSPS) is 22.8. The van der Waals surface area contributed by atoms with Gasteiger partial charge >= 0.3 is 12.0 Å². The number of carboxylic acid groups (broad SMARTS) is 1. The molecule has 1 saturated heterocycles. The van der Waals surface area contributed by atoms with Gasteiger partial charge < -0.3 is 20.8 Å². The van der Waals surface area contributed by atoms with E-state index in [1.807, 2.05) is 11.8 Å². The third-order valence-corrected chi connectivity index (χ3v) is 3.84. The minimum atomic E-state index is -1.27. The van der Waals surface area contributed by atoms with Crippen molar-refractivity contribution in [1.82, 2.24) is 10.6 Å². The summed E-state index contributed by atoms with van der Waals surface area (Å²) in [7, 11) is 0. The lowest BCUT2D eigenvalue weighted by molar-refractivity contribution is -0.141. The van der Waals surface area contributed by atoms with E-state index in [0.29, 0.717) is 12.5 Å². The fourth-order valence-corrected chi connectivity index (χ4v) is 2.85. The Labute approximate surface area is 104 Å². The Morgan fingerprint density at radius 3 is 2.71 bits per heavy atom. The highest BCUT2D eigenvalue weighted by Crippen LogP contribution is 2.22.